The number of likely N-dealkylation sites (tertiary alicyclic amines) is 1. The molecule has 0 aliphatic carbocycles. The zero-order valence-electron chi connectivity index (χ0n) is 11.9. The Morgan fingerprint density at radius 1 is 1.32 bits per heavy atom. The molecule has 1 aliphatic rings. The molecule has 0 aromatic heterocycles. The molecular formula is C16H23NO2. The average Bonchev–Trinajstić information content (AvgIpc) is 2.39. The van der Waals surface area contributed by atoms with Gasteiger partial charge in [0.05, 0.1) is 0 Å². The number of hydrogen-bond donors (Lipinski definition) is 0. The fourth-order valence-electron chi connectivity index (χ4n) is 2.54. The van der Waals surface area contributed by atoms with Crippen molar-refractivity contribution in [3.63, 3.8) is 0 Å². The van der Waals surface area contributed by atoms with Crippen LogP contribution in [0.25, 0.3) is 0 Å². The van der Waals surface area contributed by atoms with Crippen molar-refractivity contribution in [3.05, 3.63) is 29.8 Å². The van der Waals surface area contributed by atoms with Gasteiger partial charge in [-0.25, -0.2) is 0 Å². The first-order valence-electron chi connectivity index (χ1n) is 7.06. The average molecular weight is 261 g/mol. The third-order valence-corrected chi connectivity index (χ3v) is 3.74. The molecule has 0 radical (unpaired) electrons. The quantitative estimate of drug-likeness (QED) is 0.816. The van der Waals surface area contributed by atoms with Crippen LogP contribution in [0.1, 0.15) is 31.7 Å². The van der Waals surface area contributed by atoms with Crippen LogP contribution in [0.3, 0.4) is 0 Å². The lowest BCUT2D eigenvalue weighted by Crippen LogP contribution is -2.40. The number of ketones is 1. The highest BCUT2D eigenvalue weighted by molar-refractivity contribution is 5.78. The van der Waals surface area contributed by atoms with Gasteiger partial charge in [-0.3, -0.25) is 4.79 Å². The smallest absolute Gasteiger partial charge is 0.134 e. The molecule has 1 aromatic rings. The van der Waals surface area contributed by atoms with Gasteiger partial charge < -0.3 is 9.64 Å². The second-order valence-corrected chi connectivity index (χ2v) is 5.46. The lowest BCUT2D eigenvalue weighted by Gasteiger charge is -2.32. The third kappa shape index (κ3) is 4.35. The maximum absolute atomic E-state index is 11.0. The van der Waals surface area contributed by atoms with E-state index >= 15 is 0 Å². The number of benzene rings is 1. The van der Waals surface area contributed by atoms with Crippen LogP contribution < -0.4 is 4.74 Å². The van der Waals surface area contributed by atoms with Crippen LogP contribution in [0.4, 0.5) is 0 Å². The maximum Gasteiger partial charge on any atom is 0.134 e. The summed E-state index contributed by atoms with van der Waals surface area (Å²) in [5.41, 5.74) is 1.05. The Bertz CT molecular complexity index is 413. The normalized spacial score (nSPS) is 20.2. The Morgan fingerprint density at radius 3 is 2.68 bits per heavy atom. The molecule has 1 aliphatic heterocycles. The van der Waals surface area contributed by atoms with Crippen molar-refractivity contribution in [2.45, 2.75) is 38.6 Å². The van der Waals surface area contributed by atoms with Crippen molar-refractivity contribution < 1.29 is 9.53 Å². The van der Waals surface area contributed by atoms with Crippen molar-refractivity contribution in [1.29, 1.82) is 0 Å². The fourth-order valence-corrected chi connectivity index (χ4v) is 2.54. The zero-order chi connectivity index (χ0) is 13.7. The summed E-state index contributed by atoms with van der Waals surface area (Å²) in [6.07, 6.45) is 4.33. The van der Waals surface area contributed by atoms with Crippen LogP contribution >= 0.6 is 0 Å². The maximum atomic E-state index is 11.0. The van der Waals surface area contributed by atoms with Crippen molar-refractivity contribution in [2.24, 2.45) is 0 Å². The molecule has 0 N–H and O–H groups in total. The van der Waals surface area contributed by atoms with Gasteiger partial charge >= 0.3 is 0 Å². The predicted octanol–water partition coefficient (Wildman–Crippen LogP) is 2.68. The summed E-state index contributed by atoms with van der Waals surface area (Å²) in [7, 11) is 2.17. The van der Waals surface area contributed by atoms with E-state index in [1.807, 2.05) is 24.3 Å². The van der Waals surface area contributed by atoms with E-state index in [2.05, 4.69) is 11.9 Å². The minimum Gasteiger partial charge on any atom is -0.492 e. The van der Waals surface area contributed by atoms with Gasteiger partial charge in [0.2, 0.25) is 0 Å². The molecular weight excluding hydrogens is 238 g/mol. The first kappa shape index (κ1) is 14.1. The van der Waals surface area contributed by atoms with E-state index in [0.717, 1.165) is 17.9 Å². The molecule has 1 atom stereocenters. The molecule has 1 heterocycles. The topological polar surface area (TPSA) is 29.5 Å². The number of Topliss-reactive ketones (excluding diaryl/α,β-unsaturated/α-hetero) is 1. The highest BCUT2D eigenvalue weighted by Gasteiger charge is 2.19. The SMILES string of the molecule is CC(=O)Cc1ccc(OCC2CCCCN2C)cc1. The summed E-state index contributed by atoms with van der Waals surface area (Å²) < 4.78 is 5.85. The van der Waals surface area contributed by atoms with Gasteiger partial charge in [0.15, 0.2) is 0 Å². The molecule has 0 saturated carbocycles. The van der Waals surface area contributed by atoms with Crippen molar-refractivity contribution in [3.8, 4) is 5.75 Å². The van der Waals surface area contributed by atoms with Gasteiger partial charge in [-0.05, 0) is 51.1 Å². The summed E-state index contributed by atoms with van der Waals surface area (Å²) in [6, 6.07) is 8.40. The van der Waals surface area contributed by atoms with Crippen LogP contribution in [0.5, 0.6) is 5.75 Å². The number of carbonyl (C=O) groups excluding carboxylic acids is 1. The molecule has 1 saturated heterocycles. The van der Waals surface area contributed by atoms with E-state index in [1.165, 1.54) is 25.8 Å². The van der Waals surface area contributed by atoms with Crippen LogP contribution in [-0.4, -0.2) is 36.9 Å². The van der Waals surface area contributed by atoms with Gasteiger partial charge in [-0.2, -0.15) is 0 Å². The minimum absolute atomic E-state index is 0.192. The number of ether oxygens (including phenoxy) is 1. The van der Waals surface area contributed by atoms with E-state index in [0.29, 0.717) is 12.5 Å². The van der Waals surface area contributed by atoms with Crippen LogP contribution in [-0.2, 0) is 11.2 Å². The first-order valence-corrected chi connectivity index (χ1v) is 7.06. The van der Waals surface area contributed by atoms with Gasteiger partial charge in [0.25, 0.3) is 0 Å². The molecule has 19 heavy (non-hydrogen) atoms. The van der Waals surface area contributed by atoms with Gasteiger partial charge in [0, 0.05) is 12.5 Å². The summed E-state index contributed by atoms with van der Waals surface area (Å²) in [6.45, 7) is 3.54. The molecule has 1 fully saturated rings. The lowest BCUT2D eigenvalue weighted by molar-refractivity contribution is -0.116. The standard InChI is InChI=1S/C16H23NO2/c1-13(18)11-14-6-8-16(9-7-14)19-12-15-5-3-4-10-17(15)2/h6-9,15H,3-5,10-12H2,1-2H3. The second-order valence-electron chi connectivity index (χ2n) is 5.46. The van der Waals surface area contributed by atoms with E-state index in [4.69, 9.17) is 4.74 Å². The molecule has 0 bridgehead atoms. The number of rotatable bonds is 5. The highest BCUT2D eigenvalue weighted by atomic mass is 16.5. The second kappa shape index (κ2) is 6.71. The lowest BCUT2D eigenvalue weighted by atomic mass is 10.0. The van der Waals surface area contributed by atoms with Gasteiger partial charge in [-0.15, -0.1) is 0 Å². The highest BCUT2D eigenvalue weighted by Crippen LogP contribution is 2.18. The Balaban J connectivity index is 1.84. The number of hydrogen-bond acceptors (Lipinski definition) is 3. The number of likely N-dealkylation sites (N-methyl/N-ethyl adjacent to an activating group) is 1. The van der Waals surface area contributed by atoms with Crippen molar-refractivity contribution >= 4 is 5.78 Å². The van der Waals surface area contributed by atoms with Gasteiger partial charge in [-0.1, -0.05) is 18.6 Å². The van der Waals surface area contributed by atoms with E-state index < -0.39 is 0 Å². The summed E-state index contributed by atoms with van der Waals surface area (Å²) >= 11 is 0. The molecule has 104 valence electrons. The Kier molecular flexibility index (Phi) is 4.97. The number of piperidine rings is 1. The Morgan fingerprint density at radius 2 is 2.05 bits per heavy atom. The van der Waals surface area contributed by atoms with Crippen molar-refractivity contribution in [1.82, 2.24) is 4.90 Å². The van der Waals surface area contributed by atoms with Crippen molar-refractivity contribution in [2.75, 3.05) is 20.2 Å². The molecule has 1 aromatic carbocycles. The summed E-state index contributed by atoms with van der Waals surface area (Å²) in [4.78, 5) is 13.4. The van der Waals surface area contributed by atoms with E-state index in [9.17, 15) is 4.79 Å². The largest absolute Gasteiger partial charge is 0.492 e. The number of nitrogens with zero attached hydrogens (tertiary/aromatic N) is 1. The molecule has 1 unspecified atom stereocenters. The number of carbonyl (C=O) groups is 1. The first-order chi connectivity index (χ1) is 9.15. The van der Waals surface area contributed by atoms with Gasteiger partial charge in [0.1, 0.15) is 18.1 Å². The van der Waals surface area contributed by atoms with E-state index in [1.54, 1.807) is 6.92 Å². The molecule has 0 amide bonds. The van der Waals surface area contributed by atoms with Crippen LogP contribution in [0.15, 0.2) is 24.3 Å². The Labute approximate surface area is 115 Å². The monoisotopic (exact) mass is 261 g/mol. The summed E-state index contributed by atoms with van der Waals surface area (Å²) in [5.74, 6) is 1.09. The zero-order valence-corrected chi connectivity index (χ0v) is 11.9. The molecule has 3 heteroatoms. The van der Waals surface area contributed by atoms with E-state index in [-0.39, 0.29) is 5.78 Å². The minimum atomic E-state index is 0.192. The Hall–Kier alpha value is -1.35. The molecule has 0 spiro atoms. The van der Waals surface area contributed by atoms with Crippen LogP contribution in [0.2, 0.25) is 0 Å². The molecule has 2 rings (SSSR count). The fraction of sp³-hybridized carbons (Fsp3) is 0.562. The third-order valence-electron chi connectivity index (χ3n) is 3.74. The predicted molar refractivity (Wildman–Crippen MR) is 76.6 cm³/mol. The summed E-state index contributed by atoms with van der Waals surface area (Å²) in [5, 5.41) is 0. The molecule has 3 nitrogen and oxygen atoms in total. The van der Waals surface area contributed by atoms with Crippen LogP contribution in [0, 0.1) is 0 Å².